The Morgan fingerprint density at radius 2 is 2.30 bits per heavy atom. The van der Waals surface area contributed by atoms with Crippen molar-refractivity contribution in [1.82, 2.24) is 15.6 Å². The van der Waals surface area contributed by atoms with Crippen molar-refractivity contribution in [1.29, 1.82) is 0 Å². The van der Waals surface area contributed by atoms with Crippen LogP contribution in [-0.4, -0.2) is 42.2 Å². The summed E-state index contributed by atoms with van der Waals surface area (Å²) in [7, 11) is 1.71. The number of hydrogen-bond acceptors (Lipinski definition) is 4. The van der Waals surface area contributed by atoms with Gasteiger partial charge >= 0.3 is 0 Å². The van der Waals surface area contributed by atoms with Crippen molar-refractivity contribution in [3.8, 4) is 0 Å². The zero-order valence-corrected chi connectivity index (χ0v) is 15.9. The molecule has 1 aromatic carbocycles. The van der Waals surface area contributed by atoms with Gasteiger partial charge in [0.15, 0.2) is 5.96 Å². The van der Waals surface area contributed by atoms with E-state index in [1.165, 1.54) is 6.07 Å². The molecule has 1 aliphatic rings. The van der Waals surface area contributed by atoms with Crippen LogP contribution in [0.4, 0.5) is 10.2 Å². The molecule has 1 aliphatic heterocycles. The van der Waals surface area contributed by atoms with Crippen LogP contribution in [0.2, 0.25) is 5.02 Å². The summed E-state index contributed by atoms with van der Waals surface area (Å²) < 4.78 is 13.5. The van der Waals surface area contributed by atoms with Gasteiger partial charge in [0.2, 0.25) is 0 Å². The zero-order valence-electron chi connectivity index (χ0n) is 15.1. The summed E-state index contributed by atoms with van der Waals surface area (Å²) in [4.78, 5) is 10.8. The molecule has 0 radical (unpaired) electrons. The predicted octanol–water partition coefficient (Wildman–Crippen LogP) is 2.31. The number of hydrogen-bond donors (Lipinski definition) is 3. The first-order valence-corrected chi connectivity index (χ1v) is 9.19. The minimum absolute atomic E-state index is 0.218. The van der Waals surface area contributed by atoms with Gasteiger partial charge in [-0.2, -0.15) is 0 Å². The van der Waals surface area contributed by atoms with Crippen molar-refractivity contribution in [3.05, 3.63) is 58.5 Å². The Kier molecular flexibility index (Phi) is 6.47. The van der Waals surface area contributed by atoms with Gasteiger partial charge in [-0.3, -0.25) is 4.99 Å². The van der Waals surface area contributed by atoms with Gasteiger partial charge in [-0.25, -0.2) is 9.37 Å². The fourth-order valence-corrected chi connectivity index (χ4v) is 3.35. The molecule has 0 saturated carbocycles. The zero-order chi connectivity index (χ0) is 19.2. The van der Waals surface area contributed by atoms with Gasteiger partial charge in [0.25, 0.3) is 0 Å². The molecule has 0 spiro atoms. The monoisotopic (exact) mass is 391 g/mol. The third-order valence-electron chi connectivity index (χ3n) is 4.53. The SMILES string of the molecule is CN=C(NCc1ccc(F)c(CO)c1)NC1CCN(c2ncccc2Cl)C1. The molecule has 1 aromatic heterocycles. The van der Waals surface area contributed by atoms with Crippen molar-refractivity contribution >= 4 is 23.4 Å². The van der Waals surface area contributed by atoms with E-state index >= 15 is 0 Å². The molecule has 0 bridgehead atoms. The van der Waals surface area contributed by atoms with Crippen LogP contribution in [-0.2, 0) is 13.2 Å². The standard InChI is InChI=1S/C19H23ClFN5O/c1-22-19(24-10-13-4-5-17(21)14(9-13)12-27)25-15-6-8-26(11-15)18-16(20)3-2-7-23-18/h2-5,7,9,15,27H,6,8,10-12H2,1H3,(H2,22,24,25). The number of aromatic nitrogens is 1. The van der Waals surface area contributed by atoms with Crippen LogP contribution in [0.3, 0.4) is 0 Å². The van der Waals surface area contributed by atoms with Gasteiger partial charge in [0.05, 0.1) is 11.6 Å². The number of aliphatic hydroxyl groups is 1. The first-order chi connectivity index (χ1) is 13.1. The Bertz CT molecular complexity index is 816. The number of nitrogens with one attached hydrogen (secondary N) is 2. The lowest BCUT2D eigenvalue weighted by atomic mass is 10.1. The van der Waals surface area contributed by atoms with Gasteiger partial charge < -0.3 is 20.6 Å². The minimum Gasteiger partial charge on any atom is -0.392 e. The molecule has 3 N–H and O–H groups in total. The van der Waals surface area contributed by atoms with E-state index in [2.05, 4.69) is 25.5 Å². The number of aliphatic imine (C=N–C) groups is 1. The number of benzene rings is 1. The van der Waals surface area contributed by atoms with E-state index in [1.807, 2.05) is 12.1 Å². The molecule has 2 aromatic rings. The summed E-state index contributed by atoms with van der Waals surface area (Å²) in [6.07, 6.45) is 2.69. The highest BCUT2D eigenvalue weighted by atomic mass is 35.5. The lowest BCUT2D eigenvalue weighted by Crippen LogP contribution is -2.44. The fourth-order valence-electron chi connectivity index (χ4n) is 3.11. The van der Waals surface area contributed by atoms with E-state index in [4.69, 9.17) is 11.6 Å². The van der Waals surface area contributed by atoms with E-state index in [0.717, 1.165) is 30.9 Å². The summed E-state index contributed by atoms with van der Waals surface area (Å²) in [6, 6.07) is 8.58. The number of guanidine groups is 1. The Hall–Kier alpha value is -2.38. The highest BCUT2D eigenvalue weighted by Gasteiger charge is 2.25. The second-order valence-electron chi connectivity index (χ2n) is 6.39. The van der Waals surface area contributed by atoms with Crippen LogP contribution < -0.4 is 15.5 Å². The van der Waals surface area contributed by atoms with Gasteiger partial charge in [-0.05, 0) is 36.2 Å². The number of aliphatic hydroxyl groups excluding tert-OH is 1. The van der Waals surface area contributed by atoms with Crippen molar-refractivity contribution in [3.63, 3.8) is 0 Å². The third kappa shape index (κ3) is 4.87. The quantitative estimate of drug-likeness (QED) is 0.539. The number of pyridine rings is 1. The number of halogens is 2. The van der Waals surface area contributed by atoms with E-state index < -0.39 is 5.82 Å². The van der Waals surface area contributed by atoms with E-state index in [0.29, 0.717) is 17.5 Å². The maximum atomic E-state index is 13.5. The summed E-state index contributed by atoms with van der Waals surface area (Å²) in [5, 5.41) is 16.5. The van der Waals surface area contributed by atoms with Crippen molar-refractivity contribution in [2.24, 2.45) is 4.99 Å². The van der Waals surface area contributed by atoms with Crippen LogP contribution in [0.5, 0.6) is 0 Å². The predicted molar refractivity (Wildman–Crippen MR) is 106 cm³/mol. The Balaban J connectivity index is 1.55. The van der Waals surface area contributed by atoms with E-state index in [1.54, 1.807) is 25.4 Å². The average molecular weight is 392 g/mol. The van der Waals surface area contributed by atoms with Crippen molar-refractivity contribution in [2.45, 2.75) is 25.6 Å². The molecule has 2 heterocycles. The molecule has 6 nitrogen and oxygen atoms in total. The van der Waals surface area contributed by atoms with Crippen LogP contribution in [0.15, 0.2) is 41.5 Å². The molecular weight excluding hydrogens is 369 g/mol. The number of nitrogens with zero attached hydrogens (tertiary/aromatic N) is 3. The Labute approximate surface area is 163 Å². The molecule has 1 unspecified atom stereocenters. The second kappa shape index (κ2) is 9.01. The normalized spacial score (nSPS) is 17.3. The second-order valence-corrected chi connectivity index (χ2v) is 6.80. The maximum Gasteiger partial charge on any atom is 0.191 e. The van der Waals surface area contributed by atoms with Crippen LogP contribution in [0.1, 0.15) is 17.5 Å². The van der Waals surface area contributed by atoms with Gasteiger partial charge in [-0.1, -0.05) is 17.7 Å². The highest BCUT2D eigenvalue weighted by molar-refractivity contribution is 6.32. The molecule has 0 amide bonds. The molecule has 1 atom stereocenters. The fraction of sp³-hybridized carbons (Fsp3) is 0.368. The summed E-state index contributed by atoms with van der Waals surface area (Å²) >= 11 is 6.23. The number of rotatable bonds is 5. The maximum absolute atomic E-state index is 13.5. The van der Waals surface area contributed by atoms with Gasteiger partial charge in [-0.15, -0.1) is 0 Å². The topological polar surface area (TPSA) is 72.8 Å². The highest BCUT2D eigenvalue weighted by Crippen LogP contribution is 2.25. The van der Waals surface area contributed by atoms with Gasteiger partial charge in [0.1, 0.15) is 11.6 Å². The Morgan fingerprint density at radius 3 is 3.04 bits per heavy atom. The molecule has 27 heavy (non-hydrogen) atoms. The molecule has 3 rings (SSSR count). The van der Waals surface area contributed by atoms with Crippen LogP contribution in [0, 0.1) is 5.82 Å². The number of anilines is 1. The molecule has 1 saturated heterocycles. The third-order valence-corrected chi connectivity index (χ3v) is 4.83. The van der Waals surface area contributed by atoms with Crippen LogP contribution in [0.25, 0.3) is 0 Å². The summed E-state index contributed by atoms with van der Waals surface area (Å²) in [5.41, 5.74) is 1.16. The van der Waals surface area contributed by atoms with E-state index in [9.17, 15) is 9.50 Å². The average Bonchev–Trinajstić information content (AvgIpc) is 3.14. The lowest BCUT2D eigenvalue weighted by molar-refractivity contribution is 0.275. The molecule has 8 heteroatoms. The molecule has 144 valence electrons. The smallest absolute Gasteiger partial charge is 0.191 e. The summed E-state index contributed by atoms with van der Waals surface area (Å²) in [6.45, 7) is 1.81. The molecule has 1 fully saturated rings. The minimum atomic E-state index is -0.400. The van der Waals surface area contributed by atoms with E-state index in [-0.39, 0.29) is 18.2 Å². The first kappa shape index (κ1) is 19.4. The van der Waals surface area contributed by atoms with Crippen molar-refractivity contribution in [2.75, 3.05) is 25.0 Å². The van der Waals surface area contributed by atoms with Gasteiger partial charge in [0, 0.05) is 44.5 Å². The lowest BCUT2D eigenvalue weighted by Gasteiger charge is -2.20. The van der Waals surface area contributed by atoms with Crippen LogP contribution >= 0.6 is 11.6 Å². The largest absolute Gasteiger partial charge is 0.392 e. The molecule has 0 aliphatic carbocycles. The summed E-state index contributed by atoms with van der Waals surface area (Å²) in [5.74, 6) is 1.07. The van der Waals surface area contributed by atoms with Crippen molar-refractivity contribution < 1.29 is 9.50 Å². The molecular formula is C19H23ClFN5O. The Morgan fingerprint density at radius 1 is 1.44 bits per heavy atom. The first-order valence-electron chi connectivity index (χ1n) is 8.81.